The Bertz CT molecular complexity index is 292. The molecule has 25 heavy (non-hydrogen) atoms. The van der Waals surface area contributed by atoms with E-state index in [0.717, 1.165) is 12.8 Å². The van der Waals surface area contributed by atoms with Gasteiger partial charge in [-0.15, -0.1) is 0 Å². The van der Waals surface area contributed by atoms with Gasteiger partial charge in [-0.05, 0) is 6.42 Å². The van der Waals surface area contributed by atoms with Crippen LogP contribution in [0.5, 0.6) is 0 Å². The van der Waals surface area contributed by atoms with E-state index in [1.165, 1.54) is 38.5 Å². The molecule has 0 aromatic carbocycles. The second-order valence-electron chi connectivity index (χ2n) is 7.76. The van der Waals surface area contributed by atoms with Crippen molar-refractivity contribution in [3.05, 3.63) is 0 Å². The van der Waals surface area contributed by atoms with Crippen molar-refractivity contribution in [1.82, 2.24) is 0 Å². The van der Waals surface area contributed by atoms with Crippen molar-refractivity contribution < 1.29 is 30.0 Å². The van der Waals surface area contributed by atoms with Gasteiger partial charge < -0.3 is 30.0 Å². The molecule has 0 aliphatic heterocycles. The van der Waals surface area contributed by atoms with E-state index in [-0.39, 0.29) is 30.8 Å². The lowest BCUT2D eigenvalue weighted by atomic mass is 10.0. The minimum absolute atomic E-state index is 0.224. The Hall–Kier alpha value is -0.240. The van der Waals surface area contributed by atoms with Crippen LogP contribution in [0.25, 0.3) is 0 Å². The maximum Gasteiger partial charge on any atom is 0.126 e. The van der Waals surface area contributed by atoms with Gasteiger partial charge in [-0.3, -0.25) is 0 Å². The Morgan fingerprint density at radius 1 is 0.640 bits per heavy atom. The van der Waals surface area contributed by atoms with Crippen molar-refractivity contribution in [1.29, 1.82) is 0 Å². The molecule has 0 radical (unpaired) electrons. The molecule has 6 heteroatoms. The van der Waals surface area contributed by atoms with E-state index in [0.29, 0.717) is 13.0 Å². The second-order valence-corrected chi connectivity index (χ2v) is 7.76. The first-order valence-corrected chi connectivity index (χ1v) is 9.96. The van der Waals surface area contributed by atoms with Crippen molar-refractivity contribution in [3.63, 3.8) is 0 Å². The van der Waals surface area contributed by atoms with Gasteiger partial charge in [0.1, 0.15) is 37.9 Å². The predicted octanol–water partition coefficient (Wildman–Crippen LogP) is 1.03. The fraction of sp³-hybridized carbons (Fsp3) is 1.00. The second kappa shape index (κ2) is 14.9. The van der Waals surface area contributed by atoms with Crippen LogP contribution in [0, 0.1) is 0 Å². The Morgan fingerprint density at radius 3 is 1.48 bits per heavy atom. The van der Waals surface area contributed by atoms with Gasteiger partial charge in [0.25, 0.3) is 0 Å². The highest BCUT2D eigenvalue weighted by molar-refractivity contribution is 4.62. The third kappa shape index (κ3) is 13.6. The lowest BCUT2D eigenvalue weighted by Gasteiger charge is -2.38. The maximum atomic E-state index is 10.3. The predicted molar refractivity (Wildman–Crippen MR) is 100 cm³/mol. The molecule has 3 unspecified atom stereocenters. The minimum Gasteiger partial charge on any atom is -0.393 e. The van der Waals surface area contributed by atoms with E-state index < -0.39 is 18.3 Å². The minimum atomic E-state index is -0.897. The van der Waals surface area contributed by atoms with Crippen LogP contribution in [0.2, 0.25) is 0 Å². The summed E-state index contributed by atoms with van der Waals surface area (Å²) in [7, 11) is 1.83. The smallest absolute Gasteiger partial charge is 0.126 e. The summed E-state index contributed by atoms with van der Waals surface area (Å²) in [5.74, 6) is 0. The molecule has 0 aromatic heterocycles. The highest BCUT2D eigenvalue weighted by Gasteiger charge is 2.30. The monoisotopic (exact) mass is 364 g/mol. The number of hydrogen-bond donors (Lipinski definition) is 5. The Balaban J connectivity index is 4.13. The van der Waals surface area contributed by atoms with Crippen LogP contribution < -0.4 is 0 Å². The lowest BCUT2D eigenvalue weighted by Crippen LogP contribution is -2.57. The molecule has 6 nitrogen and oxygen atoms in total. The first kappa shape index (κ1) is 24.8. The zero-order valence-corrected chi connectivity index (χ0v) is 16.3. The Kier molecular flexibility index (Phi) is 14.7. The van der Waals surface area contributed by atoms with Crippen molar-refractivity contribution in [2.75, 3.05) is 39.9 Å². The van der Waals surface area contributed by atoms with Crippen molar-refractivity contribution in [3.8, 4) is 0 Å². The van der Waals surface area contributed by atoms with E-state index in [1.807, 2.05) is 7.05 Å². The van der Waals surface area contributed by atoms with Crippen LogP contribution in [0.3, 0.4) is 0 Å². The van der Waals surface area contributed by atoms with Crippen LogP contribution in [-0.4, -0.2) is 88.2 Å². The summed E-state index contributed by atoms with van der Waals surface area (Å²) in [6.45, 7) is 2.38. The van der Waals surface area contributed by atoms with E-state index >= 15 is 0 Å². The summed E-state index contributed by atoms with van der Waals surface area (Å²) in [4.78, 5) is 0. The summed E-state index contributed by atoms with van der Waals surface area (Å²) in [6, 6.07) is 0. The first-order chi connectivity index (χ1) is 11.9. The average molecular weight is 365 g/mol. The molecule has 0 aliphatic carbocycles. The molecule has 0 fully saturated rings. The molecule has 0 spiro atoms. The van der Waals surface area contributed by atoms with E-state index in [2.05, 4.69) is 6.92 Å². The molecule has 0 saturated carbocycles. The molecule has 152 valence electrons. The molecule has 0 bridgehead atoms. The molecule has 0 rings (SSSR count). The molecule has 0 aromatic rings. The van der Waals surface area contributed by atoms with Gasteiger partial charge in [0, 0.05) is 0 Å². The number of likely N-dealkylation sites (N-methyl/N-ethyl adjacent to an activating group) is 1. The van der Waals surface area contributed by atoms with Crippen molar-refractivity contribution in [2.24, 2.45) is 0 Å². The van der Waals surface area contributed by atoms with Crippen LogP contribution in [-0.2, 0) is 0 Å². The third-order valence-electron chi connectivity index (χ3n) is 4.77. The average Bonchev–Trinajstić information content (AvgIpc) is 2.56. The van der Waals surface area contributed by atoms with E-state index in [4.69, 9.17) is 10.2 Å². The molecule has 0 saturated heterocycles. The summed E-state index contributed by atoms with van der Waals surface area (Å²) in [5, 5.41) is 47.9. The number of unbranched alkanes of at least 4 members (excludes halogenated alkanes) is 7. The summed E-state index contributed by atoms with van der Waals surface area (Å²) >= 11 is 0. The standard InChI is InChI=1S/C19H42NO5/c1-3-4-5-6-7-8-9-10-11-17(23)12-20(2,13-18(24)15-21)14-19(25)16-22/h17-19,21-25H,3-16H2,1-2H3/q+1. The van der Waals surface area contributed by atoms with Crippen molar-refractivity contribution in [2.45, 2.75) is 83.0 Å². The molecular formula is C19H42NO5+. The number of nitrogens with zero attached hydrogens (tertiary/aromatic N) is 1. The fourth-order valence-corrected chi connectivity index (χ4v) is 3.47. The first-order valence-electron chi connectivity index (χ1n) is 9.96. The SMILES string of the molecule is CCCCCCCCCCC(O)C[N+](C)(CC(O)CO)CC(O)CO. The largest absolute Gasteiger partial charge is 0.393 e. The molecule has 0 aliphatic rings. The van der Waals surface area contributed by atoms with Gasteiger partial charge in [0.15, 0.2) is 0 Å². The number of hydrogen-bond acceptors (Lipinski definition) is 5. The van der Waals surface area contributed by atoms with Crippen LogP contribution in [0.1, 0.15) is 64.7 Å². The molecule has 5 N–H and O–H groups in total. The van der Waals surface area contributed by atoms with Crippen molar-refractivity contribution >= 4 is 0 Å². The Morgan fingerprint density at radius 2 is 1.04 bits per heavy atom. The van der Waals surface area contributed by atoms with Crippen LogP contribution in [0.15, 0.2) is 0 Å². The van der Waals surface area contributed by atoms with Gasteiger partial charge in [0.05, 0.1) is 20.3 Å². The summed E-state index contributed by atoms with van der Waals surface area (Å²) in [5.41, 5.74) is 0. The van der Waals surface area contributed by atoms with Gasteiger partial charge >= 0.3 is 0 Å². The van der Waals surface area contributed by atoms with Crippen LogP contribution >= 0.6 is 0 Å². The van der Waals surface area contributed by atoms with Gasteiger partial charge in [0.2, 0.25) is 0 Å². The van der Waals surface area contributed by atoms with Gasteiger partial charge in [-0.2, -0.15) is 0 Å². The lowest BCUT2D eigenvalue weighted by molar-refractivity contribution is -0.918. The van der Waals surface area contributed by atoms with E-state index in [9.17, 15) is 15.3 Å². The van der Waals surface area contributed by atoms with Gasteiger partial charge in [-0.25, -0.2) is 0 Å². The third-order valence-corrected chi connectivity index (χ3v) is 4.77. The van der Waals surface area contributed by atoms with E-state index in [1.54, 1.807) is 0 Å². The van der Waals surface area contributed by atoms with Gasteiger partial charge in [-0.1, -0.05) is 58.3 Å². The molecule has 3 atom stereocenters. The summed E-state index contributed by atoms with van der Waals surface area (Å²) in [6.07, 6.45) is 8.13. The van der Waals surface area contributed by atoms with Crippen LogP contribution in [0.4, 0.5) is 0 Å². The zero-order chi connectivity index (χ0) is 19.1. The normalized spacial score (nSPS) is 17.9. The topological polar surface area (TPSA) is 101 Å². The Labute approximate surface area is 153 Å². The molecular weight excluding hydrogens is 322 g/mol. The summed E-state index contributed by atoms with van der Waals surface area (Å²) < 4.78 is 0.224. The number of quaternary nitrogens is 1. The fourth-order valence-electron chi connectivity index (χ4n) is 3.47. The highest BCUT2D eigenvalue weighted by atomic mass is 16.3. The number of rotatable bonds is 17. The highest BCUT2D eigenvalue weighted by Crippen LogP contribution is 2.14. The molecule has 0 amide bonds. The quantitative estimate of drug-likeness (QED) is 0.196. The number of aliphatic hydroxyl groups excluding tert-OH is 5. The zero-order valence-electron chi connectivity index (χ0n) is 16.3. The number of aliphatic hydroxyl groups is 5. The maximum absolute atomic E-state index is 10.3. The molecule has 0 heterocycles.